The van der Waals surface area contributed by atoms with Crippen LogP contribution in [-0.2, 0) is 0 Å². The first-order chi connectivity index (χ1) is 10.9. The summed E-state index contributed by atoms with van der Waals surface area (Å²) in [5.41, 5.74) is 1.62. The number of ether oxygens (including phenoxy) is 1. The molecule has 0 amide bonds. The van der Waals surface area contributed by atoms with Crippen LogP contribution in [0, 0.1) is 5.92 Å². The Bertz CT molecular complexity index is 511. The third kappa shape index (κ3) is 3.91. The fourth-order valence-electron chi connectivity index (χ4n) is 4.28. The molecule has 1 aromatic rings. The molecule has 2 nitrogen and oxygen atoms in total. The number of hydrogen-bond acceptors (Lipinski definition) is 2. The fraction of sp³-hybridized carbons (Fsp3) is 0.714. The zero-order chi connectivity index (χ0) is 16.4. The van der Waals surface area contributed by atoms with Crippen LogP contribution in [0.1, 0.15) is 77.8 Å². The van der Waals surface area contributed by atoms with Gasteiger partial charge in [0.2, 0.25) is 0 Å². The molecule has 0 aromatic heterocycles. The van der Waals surface area contributed by atoms with Crippen molar-refractivity contribution in [3.63, 3.8) is 0 Å². The minimum absolute atomic E-state index is 0.217. The summed E-state index contributed by atoms with van der Waals surface area (Å²) in [4.78, 5) is 2.65. The first-order valence-electron chi connectivity index (χ1n) is 9.47. The van der Waals surface area contributed by atoms with E-state index in [9.17, 15) is 0 Å². The van der Waals surface area contributed by atoms with Crippen molar-refractivity contribution in [1.82, 2.24) is 4.90 Å². The molecule has 0 spiro atoms. The average molecular weight is 316 g/mol. The van der Waals surface area contributed by atoms with Crippen molar-refractivity contribution in [2.75, 3.05) is 6.54 Å². The zero-order valence-electron chi connectivity index (χ0n) is 15.3. The Balaban J connectivity index is 1.78. The number of hydrogen-bond donors (Lipinski definition) is 0. The molecular formula is C21H33NO. The molecule has 1 saturated heterocycles. The van der Waals surface area contributed by atoms with Crippen LogP contribution in [0.3, 0.4) is 0 Å². The van der Waals surface area contributed by atoms with Gasteiger partial charge in [-0.1, -0.05) is 25.1 Å². The van der Waals surface area contributed by atoms with Gasteiger partial charge in [0.05, 0.1) is 6.10 Å². The summed E-state index contributed by atoms with van der Waals surface area (Å²) in [5.74, 6) is 2.00. The Morgan fingerprint density at radius 1 is 1.00 bits per heavy atom. The Morgan fingerprint density at radius 2 is 1.70 bits per heavy atom. The third-order valence-electron chi connectivity index (χ3n) is 5.65. The molecular weight excluding hydrogens is 282 g/mol. The molecule has 1 aromatic carbocycles. The third-order valence-corrected chi connectivity index (χ3v) is 5.65. The van der Waals surface area contributed by atoms with Gasteiger partial charge in [0.1, 0.15) is 5.75 Å². The lowest BCUT2D eigenvalue weighted by molar-refractivity contribution is 0.109. The second-order valence-electron chi connectivity index (χ2n) is 8.56. The van der Waals surface area contributed by atoms with Gasteiger partial charge < -0.3 is 4.74 Å². The Kier molecular flexibility index (Phi) is 5.01. The topological polar surface area (TPSA) is 12.5 Å². The van der Waals surface area contributed by atoms with Crippen LogP contribution in [0.25, 0.3) is 0 Å². The predicted octanol–water partition coefficient (Wildman–Crippen LogP) is 5.58. The first-order valence-corrected chi connectivity index (χ1v) is 9.47. The quantitative estimate of drug-likeness (QED) is 0.722. The molecule has 1 atom stereocenters. The van der Waals surface area contributed by atoms with Crippen LogP contribution in [0.15, 0.2) is 24.3 Å². The lowest BCUT2D eigenvalue weighted by atomic mass is 9.89. The van der Waals surface area contributed by atoms with Crippen LogP contribution < -0.4 is 4.74 Å². The summed E-state index contributed by atoms with van der Waals surface area (Å²) in [7, 11) is 0. The Morgan fingerprint density at radius 3 is 2.39 bits per heavy atom. The minimum Gasteiger partial charge on any atom is -0.490 e. The molecule has 0 bridgehead atoms. The highest BCUT2D eigenvalue weighted by Crippen LogP contribution is 2.41. The predicted molar refractivity (Wildman–Crippen MR) is 96.9 cm³/mol. The maximum Gasteiger partial charge on any atom is 0.124 e. The van der Waals surface area contributed by atoms with Gasteiger partial charge in [-0.25, -0.2) is 0 Å². The van der Waals surface area contributed by atoms with Crippen molar-refractivity contribution in [1.29, 1.82) is 0 Å². The Hall–Kier alpha value is -1.02. The number of nitrogens with zero attached hydrogens (tertiary/aromatic N) is 1. The highest BCUT2D eigenvalue weighted by molar-refractivity contribution is 5.37. The lowest BCUT2D eigenvalue weighted by Gasteiger charge is -2.38. The molecule has 128 valence electrons. The van der Waals surface area contributed by atoms with E-state index in [-0.39, 0.29) is 5.54 Å². The standard InChI is InChI=1S/C21H33NO/c1-16-11-13-17(14-12-16)23-20-10-6-5-8-18(20)19-9-7-15-22(19)21(2,3)4/h5-6,8,10,16-17,19H,7,9,11-15H2,1-4H3. The molecule has 1 saturated carbocycles. The van der Waals surface area contributed by atoms with Crippen molar-refractivity contribution in [3.8, 4) is 5.75 Å². The van der Waals surface area contributed by atoms with E-state index in [1.807, 2.05) is 0 Å². The summed E-state index contributed by atoms with van der Waals surface area (Å²) in [6, 6.07) is 9.28. The number of benzene rings is 1. The molecule has 23 heavy (non-hydrogen) atoms. The van der Waals surface area contributed by atoms with E-state index in [2.05, 4.69) is 56.9 Å². The fourth-order valence-corrected chi connectivity index (χ4v) is 4.28. The van der Waals surface area contributed by atoms with E-state index < -0.39 is 0 Å². The maximum atomic E-state index is 6.48. The molecule has 1 aliphatic carbocycles. The highest BCUT2D eigenvalue weighted by atomic mass is 16.5. The van der Waals surface area contributed by atoms with E-state index in [4.69, 9.17) is 4.74 Å². The molecule has 0 N–H and O–H groups in total. The molecule has 2 aliphatic rings. The number of para-hydroxylation sites is 1. The summed E-state index contributed by atoms with van der Waals surface area (Å²) in [6.07, 6.45) is 7.99. The molecule has 1 unspecified atom stereocenters. The molecule has 1 aliphatic heterocycles. The first kappa shape index (κ1) is 16.8. The van der Waals surface area contributed by atoms with Crippen molar-refractivity contribution in [2.45, 2.75) is 83.9 Å². The van der Waals surface area contributed by atoms with Crippen molar-refractivity contribution >= 4 is 0 Å². The van der Waals surface area contributed by atoms with Gasteiger partial charge in [0, 0.05) is 17.1 Å². The van der Waals surface area contributed by atoms with Crippen LogP contribution in [-0.4, -0.2) is 23.1 Å². The van der Waals surface area contributed by atoms with Crippen LogP contribution >= 0.6 is 0 Å². The summed E-state index contributed by atoms with van der Waals surface area (Å²) < 4.78 is 6.48. The summed E-state index contributed by atoms with van der Waals surface area (Å²) in [6.45, 7) is 10.6. The van der Waals surface area contributed by atoms with Gasteiger partial charge in [-0.2, -0.15) is 0 Å². The second kappa shape index (κ2) is 6.84. The van der Waals surface area contributed by atoms with Crippen molar-refractivity contribution in [2.24, 2.45) is 5.92 Å². The number of rotatable bonds is 3. The van der Waals surface area contributed by atoms with Gasteiger partial charge in [-0.3, -0.25) is 4.90 Å². The largest absolute Gasteiger partial charge is 0.490 e. The van der Waals surface area contributed by atoms with Crippen LogP contribution in [0.4, 0.5) is 0 Å². The monoisotopic (exact) mass is 315 g/mol. The van der Waals surface area contributed by atoms with E-state index >= 15 is 0 Å². The van der Waals surface area contributed by atoms with Gasteiger partial charge in [-0.15, -0.1) is 0 Å². The van der Waals surface area contributed by atoms with E-state index in [0.717, 1.165) is 11.7 Å². The van der Waals surface area contributed by atoms with Crippen LogP contribution in [0.2, 0.25) is 0 Å². The molecule has 0 radical (unpaired) electrons. The van der Waals surface area contributed by atoms with Gasteiger partial charge in [0.15, 0.2) is 0 Å². The average Bonchev–Trinajstić information content (AvgIpc) is 3.00. The number of likely N-dealkylation sites (tertiary alicyclic amines) is 1. The summed E-state index contributed by atoms with van der Waals surface area (Å²) >= 11 is 0. The van der Waals surface area contributed by atoms with E-state index in [1.54, 1.807) is 0 Å². The molecule has 2 heteroatoms. The van der Waals surface area contributed by atoms with Gasteiger partial charge >= 0.3 is 0 Å². The van der Waals surface area contributed by atoms with E-state index in [0.29, 0.717) is 12.1 Å². The van der Waals surface area contributed by atoms with Gasteiger partial charge in [-0.05, 0) is 77.8 Å². The SMILES string of the molecule is CC1CCC(Oc2ccccc2C2CCCN2C(C)(C)C)CC1. The maximum absolute atomic E-state index is 6.48. The molecule has 2 fully saturated rings. The Labute approximate surface area is 142 Å². The second-order valence-corrected chi connectivity index (χ2v) is 8.56. The van der Waals surface area contributed by atoms with Crippen LogP contribution in [0.5, 0.6) is 5.75 Å². The highest BCUT2D eigenvalue weighted by Gasteiger charge is 2.35. The minimum atomic E-state index is 0.217. The van der Waals surface area contributed by atoms with Gasteiger partial charge in [0.25, 0.3) is 0 Å². The zero-order valence-corrected chi connectivity index (χ0v) is 15.3. The van der Waals surface area contributed by atoms with Crippen molar-refractivity contribution < 1.29 is 4.74 Å². The van der Waals surface area contributed by atoms with E-state index in [1.165, 1.54) is 50.6 Å². The van der Waals surface area contributed by atoms with Crippen molar-refractivity contribution in [3.05, 3.63) is 29.8 Å². The lowest BCUT2D eigenvalue weighted by Crippen LogP contribution is -2.40. The molecule has 3 rings (SSSR count). The molecule has 1 heterocycles. The normalized spacial score (nSPS) is 29.7. The summed E-state index contributed by atoms with van der Waals surface area (Å²) in [5, 5.41) is 0. The smallest absolute Gasteiger partial charge is 0.124 e.